The van der Waals surface area contributed by atoms with Crippen molar-refractivity contribution < 1.29 is 4.74 Å². The Bertz CT molecular complexity index is 169. The molecule has 0 aliphatic carbocycles. The molecule has 0 N–H and O–H groups in total. The van der Waals surface area contributed by atoms with Gasteiger partial charge in [0.15, 0.2) is 0 Å². The third-order valence-electron chi connectivity index (χ3n) is 2.08. The quantitative estimate of drug-likeness (QED) is 0.479. The minimum absolute atomic E-state index is 0.0174. The van der Waals surface area contributed by atoms with Crippen LogP contribution in [0.5, 0.6) is 0 Å². The Morgan fingerprint density at radius 2 is 2.55 bits per heavy atom. The van der Waals surface area contributed by atoms with E-state index in [1.165, 1.54) is 0 Å². The van der Waals surface area contributed by atoms with Crippen molar-refractivity contribution in [1.82, 2.24) is 0 Å². The van der Waals surface area contributed by atoms with Crippen LogP contribution in [-0.2, 0) is 4.74 Å². The van der Waals surface area contributed by atoms with E-state index < -0.39 is 0 Å². The Hall–Kier alpha value is -0.240. The van der Waals surface area contributed by atoms with E-state index in [1.807, 2.05) is 0 Å². The predicted molar refractivity (Wildman–Crippen MR) is 48.1 cm³/mol. The topological polar surface area (TPSA) is 21.6 Å². The lowest BCUT2D eigenvalue weighted by atomic mass is 9.94. The van der Waals surface area contributed by atoms with Crippen molar-refractivity contribution in [3.8, 4) is 0 Å². The second-order valence-electron chi connectivity index (χ2n) is 2.98. The molecule has 2 nitrogen and oxygen atoms in total. The number of thiocarbonyl (C=S) groups is 1. The van der Waals surface area contributed by atoms with Crippen LogP contribution in [0.25, 0.3) is 0 Å². The lowest BCUT2D eigenvalue weighted by molar-refractivity contribution is 0.176. The van der Waals surface area contributed by atoms with E-state index in [9.17, 15) is 0 Å². The zero-order valence-electron chi connectivity index (χ0n) is 6.80. The zero-order valence-corrected chi connectivity index (χ0v) is 7.62. The molecular weight excluding hydrogens is 158 g/mol. The Kier molecular flexibility index (Phi) is 3.18. The highest BCUT2D eigenvalue weighted by Gasteiger charge is 2.33. The molecule has 0 aromatic heterocycles. The molecule has 0 amide bonds. The number of hydrogen-bond acceptors (Lipinski definition) is 3. The summed E-state index contributed by atoms with van der Waals surface area (Å²) in [6.07, 6.45) is 3.20. The van der Waals surface area contributed by atoms with Crippen molar-refractivity contribution in [3.05, 3.63) is 0 Å². The Balaban J connectivity index is 2.61. The first-order chi connectivity index (χ1) is 5.33. The van der Waals surface area contributed by atoms with Crippen LogP contribution >= 0.6 is 12.2 Å². The maximum Gasteiger partial charge on any atom is 0.0964 e. The van der Waals surface area contributed by atoms with Gasteiger partial charge in [0.2, 0.25) is 0 Å². The molecule has 0 aromatic rings. The van der Waals surface area contributed by atoms with Gasteiger partial charge in [-0.2, -0.15) is 0 Å². The van der Waals surface area contributed by atoms with Crippen LogP contribution in [0.15, 0.2) is 4.99 Å². The summed E-state index contributed by atoms with van der Waals surface area (Å²) in [6.45, 7) is 3.70. The van der Waals surface area contributed by atoms with Crippen LogP contribution in [0, 0.1) is 0 Å². The second kappa shape index (κ2) is 3.96. The summed E-state index contributed by atoms with van der Waals surface area (Å²) < 4.78 is 5.29. The van der Waals surface area contributed by atoms with Gasteiger partial charge in [0.05, 0.1) is 17.3 Å². The van der Waals surface area contributed by atoms with Gasteiger partial charge in [-0.3, -0.25) is 0 Å². The van der Waals surface area contributed by atoms with E-state index in [0.717, 1.165) is 32.5 Å². The summed E-state index contributed by atoms with van der Waals surface area (Å²) in [7, 11) is 0. The van der Waals surface area contributed by atoms with Crippen LogP contribution in [-0.4, -0.2) is 23.9 Å². The molecule has 1 heterocycles. The lowest BCUT2D eigenvalue weighted by Gasteiger charge is -2.19. The monoisotopic (exact) mass is 171 g/mol. The van der Waals surface area contributed by atoms with Crippen LogP contribution in [0.2, 0.25) is 0 Å². The van der Waals surface area contributed by atoms with Gasteiger partial charge in [0, 0.05) is 6.61 Å². The van der Waals surface area contributed by atoms with E-state index in [-0.39, 0.29) is 5.54 Å². The first kappa shape index (κ1) is 8.85. The summed E-state index contributed by atoms with van der Waals surface area (Å²) in [4.78, 5) is 4.18. The Morgan fingerprint density at radius 3 is 3.00 bits per heavy atom. The molecule has 1 aliphatic heterocycles. The fourth-order valence-corrected chi connectivity index (χ4v) is 1.69. The summed E-state index contributed by atoms with van der Waals surface area (Å²) in [5.41, 5.74) is -0.0174. The van der Waals surface area contributed by atoms with Crippen LogP contribution in [0.3, 0.4) is 0 Å². The molecule has 62 valence electrons. The van der Waals surface area contributed by atoms with E-state index in [1.54, 1.807) is 0 Å². The summed E-state index contributed by atoms with van der Waals surface area (Å²) in [5.74, 6) is 0. The first-order valence-corrected chi connectivity index (χ1v) is 4.40. The largest absolute Gasteiger partial charge is 0.379 e. The number of hydrogen-bond donors (Lipinski definition) is 0. The molecule has 0 aromatic carbocycles. The molecule has 0 saturated carbocycles. The molecule has 1 saturated heterocycles. The van der Waals surface area contributed by atoms with Gasteiger partial charge < -0.3 is 4.74 Å². The van der Waals surface area contributed by atoms with Gasteiger partial charge >= 0.3 is 0 Å². The third kappa shape index (κ3) is 2.09. The standard InChI is InChI=1S/C8H13NOS/c1-2-3-8(9-7-11)4-5-10-6-8/h2-6H2,1H3. The minimum atomic E-state index is -0.0174. The van der Waals surface area contributed by atoms with Crippen molar-refractivity contribution in [2.24, 2.45) is 4.99 Å². The molecule has 0 spiro atoms. The number of nitrogens with zero attached hydrogens (tertiary/aromatic N) is 1. The van der Waals surface area contributed by atoms with Gasteiger partial charge in [-0.15, -0.1) is 0 Å². The van der Waals surface area contributed by atoms with E-state index >= 15 is 0 Å². The fraction of sp³-hybridized carbons (Fsp3) is 0.875. The second-order valence-corrected chi connectivity index (χ2v) is 3.16. The van der Waals surface area contributed by atoms with Crippen molar-refractivity contribution in [2.45, 2.75) is 31.7 Å². The van der Waals surface area contributed by atoms with Gasteiger partial charge in [0.1, 0.15) is 0 Å². The molecule has 1 rings (SSSR count). The number of ether oxygens (including phenoxy) is 1. The molecule has 0 radical (unpaired) electrons. The first-order valence-electron chi connectivity index (χ1n) is 4.00. The van der Waals surface area contributed by atoms with E-state index in [0.29, 0.717) is 0 Å². The van der Waals surface area contributed by atoms with Crippen LogP contribution < -0.4 is 0 Å². The van der Waals surface area contributed by atoms with Crippen LogP contribution in [0.1, 0.15) is 26.2 Å². The molecular formula is C8H13NOS. The zero-order chi connectivity index (χ0) is 8.16. The maximum atomic E-state index is 5.29. The summed E-state index contributed by atoms with van der Waals surface area (Å²) in [5, 5.41) is 2.46. The molecule has 3 heteroatoms. The van der Waals surface area contributed by atoms with E-state index in [2.05, 4.69) is 29.3 Å². The maximum absolute atomic E-state index is 5.29. The SMILES string of the molecule is CCCC1(N=C=S)CCOC1. The third-order valence-corrected chi connectivity index (χ3v) is 2.17. The van der Waals surface area contributed by atoms with Gasteiger partial charge in [-0.05, 0) is 25.1 Å². The molecule has 1 unspecified atom stereocenters. The van der Waals surface area contributed by atoms with Gasteiger partial charge in [-0.1, -0.05) is 13.3 Å². The minimum Gasteiger partial charge on any atom is -0.379 e. The normalized spacial score (nSPS) is 29.9. The highest BCUT2D eigenvalue weighted by Crippen LogP contribution is 2.27. The number of rotatable bonds is 3. The summed E-state index contributed by atoms with van der Waals surface area (Å²) >= 11 is 4.60. The number of isothiocyanates is 1. The van der Waals surface area contributed by atoms with Gasteiger partial charge in [0.25, 0.3) is 0 Å². The molecule has 1 aliphatic rings. The number of aliphatic imine (C=N–C) groups is 1. The highest BCUT2D eigenvalue weighted by atomic mass is 32.1. The van der Waals surface area contributed by atoms with Crippen molar-refractivity contribution in [3.63, 3.8) is 0 Å². The lowest BCUT2D eigenvalue weighted by Crippen LogP contribution is -2.25. The Labute approximate surface area is 72.7 Å². The summed E-state index contributed by atoms with van der Waals surface area (Å²) in [6, 6.07) is 0. The van der Waals surface area contributed by atoms with E-state index in [4.69, 9.17) is 4.74 Å². The highest BCUT2D eigenvalue weighted by molar-refractivity contribution is 7.78. The van der Waals surface area contributed by atoms with Crippen molar-refractivity contribution in [2.75, 3.05) is 13.2 Å². The average Bonchev–Trinajstić information content (AvgIpc) is 2.39. The average molecular weight is 171 g/mol. The van der Waals surface area contributed by atoms with Crippen LogP contribution in [0.4, 0.5) is 0 Å². The molecule has 1 atom stereocenters. The fourth-order valence-electron chi connectivity index (χ4n) is 1.50. The van der Waals surface area contributed by atoms with Crippen molar-refractivity contribution >= 4 is 17.4 Å². The van der Waals surface area contributed by atoms with Gasteiger partial charge in [-0.25, -0.2) is 4.99 Å². The Morgan fingerprint density at radius 1 is 1.73 bits per heavy atom. The smallest absolute Gasteiger partial charge is 0.0964 e. The molecule has 1 fully saturated rings. The predicted octanol–water partition coefficient (Wildman–Crippen LogP) is 2.05. The van der Waals surface area contributed by atoms with Crippen molar-refractivity contribution in [1.29, 1.82) is 0 Å². The molecule has 0 bridgehead atoms. The molecule has 11 heavy (non-hydrogen) atoms.